The van der Waals surface area contributed by atoms with Gasteiger partial charge >= 0.3 is 8.46 Å². The first kappa shape index (κ1) is 10.7. The van der Waals surface area contributed by atoms with E-state index in [4.69, 9.17) is 16.6 Å². The van der Waals surface area contributed by atoms with Gasteiger partial charge in [-0.05, 0) is 10.6 Å². The molecule has 0 aromatic rings. The Hall–Kier alpha value is -1.28. The highest BCUT2D eigenvalue weighted by atomic mass is 31.1. The van der Waals surface area contributed by atoms with Gasteiger partial charge in [0.2, 0.25) is 6.29 Å². The minimum atomic E-state index is -0.506. The fraction of sp³-hybridized carbons (Fsp3) is 1.00. The van der Waals surface area contributed by atoms with Crippen molar-refractivity contribution in [1.82, 2.24) is 0 Å². The monoisotopic (exact) mass is 146 g/mol. The van der Waals surface area contributed by atoms with Gasteiger partial charge in [-0.3, -0.25) is 4.91 Å². The van der Waals surface area contributed by atoms with Crippen LogP contribution in [0.15, 0.2) is 5.11 Å². The van der Waals surface area contributed by atoms with Gasteiger partial charge in [0.15, 0.2) is 0 Å². The Morgan fingerprint density at radius 2 is 1.89 bits per heavy atom. The molecule has 0 saturated carbocycles. The van der Waals surface area contributed by atoms with E-state index < -0.39 is 8.46 Å². The summed E-state index contributed by atoms with van der Waals surface area (Å²) in [6.45, 7) is 0. The summed E-state index contributed by atoms with van der Waals surface area (Å²) in [5, 5.41) is 2.97. The molecule has 0 aromatic heterocycles. The number of hydrogen-bond acceptors (Lipinski definition) is 2. The Morgan fingerprint density at radius 1 is 1.44 bits per heavy atom. The molecule has 8 heteroatoms. The highest BCUT2D eigenvalue weighted by molar-refractivity contribution is 7.23. The van der Waals surface area contributed by atoms with Crippen molar-refractivity contribution in [2.75, 3.05) is 6.29 Å². The minimum Gasteiger partial charge on any atom is -0.373 e. The van der Waals surface area contributed by atoms with Crippen molar-refractivity contribution in [2.24, 2.45) is 5.11 Å². The van der Waals surface area contributed by atoms with Gasteiger partial charge in [0, 0.05) is 4.91 Å². The maximum absolute atomic E-state index is 9.45. The van der Waals surface area contributed by atoms with E-state index in [0.29, 0.717) is 0 Å². The van der Waals surface area contributed by atoms with E-state index in [1.165, 1.54) is 4.91 Å². The zero-order valence-corrected chi connectivity index (χ0v) is 5.30. The van der Waals surface area contributed by atoms with Crippen LogP contribution >= 0.6 is 8.46 Å². The molecule has 0 aliphatic carbocycles. The Morgan fingerprint density at radius 3 is 2.00 bits per heavy atom. The first-order chi connectivity index (χ1) is 4.33. The quantitative estimate of drug-likeness (QED) is 0.251. The van der Waals surface area contributed by atoms with E-state index in [9.17, 15) is 4.57 Å². The predicted molar refractivity (Wildman–Crippen MR) is 33.1 cm³/mol. The van der Waals surface area contributed by atoms with Gasteiger partial charge in [-0.15, -0.1) is 0 Å². The molecule has 0 aromatic carbocycles. The lowest BCUT2D eigenvalue weighted by Gasteiger charge is -1.47. The molecule has 0 spiro atoms. The average molecular weight is 146 g/mol. The van der Waals surface area contributed by atoms with Crippen LogP contribution in [0, 0.1) is 0 Å². The van der Waals surface area contributed by atoms with Crippen LogP contribution < -0.4 is 0 Å². The van der Waals surface area contributed by atoms with E-state index in [1.54, 1.807) is 0 Å². The highest BCUT2D eigenvalue weighted by Gasteiger charge is 1.77. The second-order valence-electron chi connectivity index (χ2n) is 0.623. The molecule has 1 unspecified atom stereocenters. The van der Waals surface area contributed by atoms with Gasteiger partial charge < -0.3 is 11.1 Å². The Balaban J connectivity index is 0. The van der Waals surface area contributed by atoms with Crippen LogP contribution in [0.1, 0.15) is 0 Å². The lowest BCUT2D eigenvalue weighted by Crippen LogP contribution is -1.47. The van der Waals surface area contributed by atoms with Gasteiger partial charge in [-0.25, -0.2) is 0 Å². The summed E-state index contributed by atoms with van der Waals surface area (Å²) in [6, 6.07) is 0. The summed E-state index contributed by atoms with van der Waals surface area (Å²) in [5.41, 5.74) is 21.0. The Kier molecular flexibility index (Phi) is 18.8. The van der Waals surface area contributed by atoms with Gasteiger partial charge in [0.1, 0.15) is 0 Å². The minimum absolute atomic E-state index is 0.0938. The standard InChI is InChI=1S/CH2N3OP.N3/c2-4-3-1-6-5;1-3-2/h1H2;/q;-1/p+1. The highest BCUT2D eigenvalue weighted by Crippen LogP contribution is 1.88. The number of azide groups is 1. The van der Waals surface area contributed by atoms with Crippen LogP contribution in [-0.2, 0) is 4.57 Å². The number of hydrogen-bond donors (Lipinski definition) is 0. The van der Waals surface area contributed by atoms with Crippen LogP contribution in [0.5, 0.6) is 0 Å². The second kappa shape index (κ2) is 15.9. The van der Waals surface area contributed by atoms with E-state index in [1.807, 2.05) is 0 Å². The van der Waals surface area contributed by atoms with Crippen molar-refractivity contribution in [3.8, 4) is 0 Å². The zero-order chi connectivity index (χ0) is 7.54. The second-order valence-corrected chi connectivity index (χ2v) is 1.23. The van der Waals surface area contributed by atoms with Crippen LogP contribution in [0.3, 0.4) is 0 Å². The zero-order valence-electron chi connectivity index (χ0n) is 4.30. The lowest BCUT2D eigenvalue weighted by molar-refractivity contribution is 0.598. The largest absolute Gasteiger partial charge is 0.373 e. The molecule has 48 valence electrons. The lowest BCUT2D eigenvalue weighted by atomic mass is 11.5. The molecule has 7 nitrogen and oxygen atoms in total. The predicted octanol–water partition coefficient (Wildman–Crippen LogP) is 2.14. The SMILES string of the molecule is [N-]=[N+]=NC[PH+]=O.[N-]=[N+]=[N-]. The van der Waals surface area contributed by atoms with Crippen molar-refractivity contribution >= 4 is 8.46 Å². The average Bonchev–Trinajstić information content (AvgIpc) is 1.86. The smallest absolute Gasteiger partial charge is 0.331 e. The van der Waals surface area contributed by atoms with Gasteiger partial charge in [-0.2, -0.15) is 0 Å². The molecule has 9 heavy (non-hydrogen) atoms. The third-order valence-electron chi connectivity index (χ3n) is 0.199. The molecule has 0 N–H and O–H groups in total. The summed E-state index contributed by atoms with van der Waals surface area (Å²) in [6.07, 6.45) is 0.0938. The van der Waals surface area contributed by atoms with Crippen LogP contribution in [0.4, 0.5) is 0 Å². The summed E-state index contributed by atoms with van der Waals surface area (Å²) in [5.74, 6) is 0. The summed E-state index contributed by atoms with van der Waals surface area (Å²) in [7, 11) is -0.506. The maximum Gasteiger partial charge on any atom is 0.331 e. The van der Waals surface area contributed by atoms with Crippen molar-refractivity contribution in [2.45, 2.75) is 0 Å². The fourth-order valence-electron chi connectivity index (χ4n) is 0.0605. The third-order valence-corrected chi connectivity index (χ3v) is 0.469. The topological polar surface area (TPSA) is 125 Å². The van der Waals surface area contributed by atoms with Crippen molar-refractivity contribution < 1.29 is 4.57 Å². The molecular formula is CH3N6OP. The molecule has 0 rings (SSSR count). The Bertz CT molecular complexity index is 141. The summed E-state index contributed by atoms with van der Waals surface area (Å²) >= 11 is 0. The van der Waals surface area contributed by atoms with Crippen molar-refractivity contribution in [3.63, 3.8) is 0 Å². The van der Waals surface area contributed by atoms with Crippen molar-refractivity contribution in [3.05, 3.63) is 26.4 Å². The Labute approximate surface area is 51.9 Å². The summed E-state index contributed by atoms with van der Waals surface area (Å²) in [4.78, 5) is 3.86. The van der Waals surface area contributed by atoms with E-state index in [2.05, 4.69) is 10.0 Å². The molecule has 0 amide bonds. The molecule has 0 radical (unpaired) electrons. The molecule has 0 heterocycles. The molecule has 0 aliphatic rings. The van der Waals surface area contributed by atoms with Crippen LogP contribution in [-0.4, -0.2) is 6.29 Å². The van der Waals surface area contributed by atoms with E-state index >= 15 is 0 Å². The normalized spacial score (nSPS) is 5.78. The van der Waals surface area contributed by atoms with E-state index in [0.717, 1.165) is 0 Å². The molecule has 1 atom stereocenters. The van der Waals surface area contributed by atoms with Gasteiger partial charge in [0.05, 0.1) is 0 Å². The number of rotatable bonds is 2. The maximum atomic E-state index is 9.45. The first-order valence-electron chi connectivity index (χ1n) is 1.67. The third kappa shape index (κ3) is 50.6. The van der Waals surface area contributed by atoms with Crippen molar-refractivity contribution in [1.29, 1.82) is 0 Å². The molecular weight excluding hydrogens is 143 g/mol. The van der Waals surface area contributed by atoms with Crippen LogP contribution in [0.25, 0.3) is 26.4 Å². The summed E-state index contributed by atoms with van der Waals surface area (Å²) < 4.78 is 9.45. The molecule has 0 aliphatic heterocycles. The van der Waals surface area contributed by atoms with E-state index in [-0.39, 0.29) is 6.29 Å². The molecule has 0 bridgehead atoms. The fourth-order valence-corrected chi connectivity index (χ4v) is 0.181. The number of nitrogens with zero attached hydrogens (tertiary/aromatic N) is 6. The van der Waals surface area contributed by atoms with Gasteiger partial charge in [-0.1, -0.05) is 4.57 Å². The van der Waals surface area contributed by atoms with Gasteiger partial charge in [0.25, 0.3) is 0 Å². The first-order valence-corrected chi connectivity index (χ1v) is 2.79. The molecule has 0 fully saturated rings. The van der Waals surface area contributed by atoms with Crippen LogP contribution in [0.2, 0.25) is 0 Å². The molecule has 0 saturated heterocycles.